The van der Waals surface area contributed by atoms with Crippen molar-refractivity contribution in [2.24, 2.45) is 5.92 Å². The number of anilines is 1. The number of pyridine rings is 1. The van der Waals surface area contributed by atoms with Gasteiger partial charge in [0.1, 0.15) is 5.82 Å². The van der Waals surface area contributed by atoms with Gasteiger partial charge in [-0.25, -0.2) is 4.98 Å². The van der Waals surface area contributed by atoms with Crippen LogP contribution in [0.4, 0.5) is 5.82 Å². The van der Waals surface area contributed by atoms with Crippen LogP contribution in [0.5, 0.6) is 0 Å². The molecule has 0 aliphatic heterocycles. The van der Waals surface area contributed by atoms with Crippen molar-refractivity contribution >= 4 is 5.82 Å². The van der Waals surface area contributed by atoms with Gasteiger partial charge in [0.05, 0.1) is 0 Å². The van der Waals surface area contributed by atoms with Crippen LogP contribution in [0, 0.1) is 12.8 Å². The number of nitrogens with one attached hydrogen (secondary N) is 1. The van der Waals surface area contributed by atoms with Crippen molar-refractivity contribution in [3.8, 4) is 0 Å². The summed E-state index contributed by atoms with van der Waals surface area (Å²) < 4.78 is 0. The maximum Gasteiger partial charge on any atom is 0.129 e. The van der Waals surface area contributed by atoms with Crippen molar-refractivity contribution in [1.82, 2.24) is 10.3 Å². The van der Waals surface area contributed by atoms with Gasteiger partial charge in [-0.15, -0.1) is 0 Å². The van der Waals surface area contributed by atoms with E-state index in [4.69, 9.17) is 4.98 Å². The first-order valence-corrected chi connectivity index (χ1v) is 8.55. The fourth-order valence-corrected chi connectivity index (χ4v) is 3.30. The molecular formula is C18H31N3. The number of hydrogen-bond donors (Lipinski definition) is 1. The maximum absolute atomic E-state index is 4.79. The van der Waals surface area contributed by atoms with E-state index in [1.165, 1.54) is 37.1 Å². The molecule has 1 heterocycles. The molecule has 21 heavy (non-hydrogen) atoms. The monoisotopic (exact) mass is 289 g/mol. The number of rotatable bonds is 7. The molecule has 0 aromatic carbocycles. The van der Waals surface area contributed by atoms with Crippen molar-refractivity contribution < 1.29 is 0 Å². The zero-order chi connectivity index (χ0) is 15.2. The number of aryl methyl sites for hydroxylation is 1. The molecular weight excluding hydrogens is 258 g/mol. The topological polar surface area (TPSA) is 28.2 Å². The van der Waals surface area contributed by atoms with Crippen LogP contribution < -0.4 is 10.2 Å². The summed E-state index contributed by atoms with van der Waals surface area (Å²) in [6.07, 6.45) is 5.39. The molecule has 3 nitrogen and oxygen atoms in total. The van der Waals surface area contributed by atoms with E-state index in [1.54, 1.807) is 0 Å². The Kier molecular flexibility index (Phi) is 6.04. The molecule has 2 rings (SSSR count). The SMILES string of the molecule is CCN(c1cc(CNCC(C)C)cc(C)n1)C1CCCC1. The minimum atomic E-state index is 0.693. The van der Waals surface area contributed by atoms with Gasteiger partial charge in [-0.2, -0.15) is 0 Å². The second-order valence-corrected chi connectivity index (χ2v) is 6.72. The number of hydrogen-bond acceptors (Lipinski definition) is 3. The predicted molar refractivity (Wildman–Crippen MR) is 90.8 cm³/mol. The van der Waals surface area contributed by atoms with Crippen LogP contribution in [0.1, 0.15) is 57.7 Å². The Balaban J connectivity index is 2.09. The van der Waals surface area contributed by atoms with Gasteiger partial charge in [-0.05, 0) is 56.8 Å². The van der Waals surface area contributed by atoms with Crippen LogP contribution >= 0.6 is 0 Å². The van der Waals surface area contributed by atoms with E-state index in [9.17, 15) is 0 Å². The summed E-state index contributed by atoms with van der Waals surface area (Å²) in [5, 5.41) is 3.54. The second-order valence-electron chi connectivity index (χ2n) is 6.72. The summed E-state index contributed by atoms with van der Waals surface area (Å²) in [5.74, 6) is 1.86. The average molecular weight is 289 g/mol. The highest BCUT2D eigenvalue weighted by Gasteiger charge is 2.22. The molecule has 0 saturated heterocycles. The van der Waals surface area contributed by atoms with Gasteiger partial charge in [0, 0.05) is 24.8 Å². The smallest absolute Gasteiger partial charge is 0.129 e. The summed E-state index contributed by atoms with van der Waals surface area (Å²) in [4.78, 5) is 7.30. The Morgan fingerprint density at radius 1 is 1.29 bits per heavy atom. The molecule has 1 fully saturated rings. The molecule has 1 saturated carbocycles. The first-order valence-electron chi connectivity index (χ1n) is 8.55. The molecule has 3 heteroatoms. The lowest BCUT2D eigenvalue weighted by atomic mass is 10.1. The minimum absolute atomic E-state index is 0.693. The van der Waals surface area contributed by atoms with E-state index in [-0.39, 0.29) is 0 Å². The third kappa shape index (κ3) is 4.70. The highest BCUT2D eigenvalue weighted by atomic mass is 15.2. The first-order chi connectivity index (χ1) is 10.1. The zero-order valence-electron chi connectivity index (χ0n) is 14.2. The van der Waals surface area contributed by atoms with E-state index in [2.05, 4.69) is 50.0 Å². The minimum Gasteiger partial charge on any atom is -0.354 e. The van der Waals surface area contributed by atoms with Crippen LogP contribution in [-0.2, 0) is 6.54 Å². The quantitative estimate of drug-likeness (QED) is 0.825. The molecule has 0 atom stereocenters. The van der Waals surface area contributed by atoms with Crippen LogP contribution in [0.3, 0.4) is 0 Å². The molecule has 1 aromatic heterocycles. The third-order valence-electron chi connectivity index (χ3n) is 4.28. The van der Waals surface area contributed by atoms with E-state index in [0.717, 1.165) is 25.3 Å². The van der Waals surface area contributed by atoms with Crippen molar-refractivity contribution in [3.63, 3.8) is 0 Å². The fourth-order valence-electron chi connectivity index (χ4n) is 3.30. The van der Waals surface area contributed by atoms with Gasteiger partial charge < -0.3 is 10.2 Å². The number of aromatic nitrogens is 1. The maximum atomic E-state index is 4.79. The first kappa shape index (κ1) is 16.3. The molecule has 1 aliphatic rings. The van der Waals surface area contributed by atoms with Crippen LogP contribution in [0.25, 0.3) is 0 Å². The van der Waals surface area contributed by atoms with Crippen LogP contribution in [-0.4, -0.2) is 24.1 Å². The third-order valence-corrected chi connectivity index (χ3v) is 4.28. The lowest BCUT2D eigenvalue weighted by molar-refractivity contribution is 0.551. The van der Waals surface area contributed by atoms with Crippen molar-refractivity contribution in [3.05, 3.63) is 23.4 Å². The Bertz CT molecular complexity index is 436. The van der Waals surface area contributed by atoms with Gasteiger partial charge in [0.15, 0.2) is 0 Å². The number of nitrogens with zero attached hydrogens (tertiary/aromatic N) is 2. The highest BCUT2D eigenvalue weighted by Crippen LogP contribution is 2.27. The standard InChI is InChI=1S/C18H31N3/c1-5-21(17-8-6-7-9-17)18-11-16(10-15(4)20-18)13-19-12-14(2)3/h10-11,14,17,19H,5-9,12-13H2,1-4H3. The molecule has 118 valence electrons. The lowest BCUT2D eigenvalue weighted by Gasteiger charge is -2.29. The average Bonchev–Trinajstić information content (AvgIpc) is 2.92. The fraction of sp³-hybridized carbons (Fsp3) is 0.722. The van der Waals surface area contributed by atoms with Crippen molar-refractivity contribution in [2.75, 3.05) is 18.0 Å². The summed E-state index contributed by atoms with van der Waals surface area (Å²) in [7, 11) is 0. The van der Waals surface area contributed by atoms with Crippen molar-refractivity contribution in [1.29, 1.82) is 0 Å². The molecule has 0 radical (unpaired) electrons. The van der Waals surface area contributed by atoms with Gasteiger partial charge in [0.25, 0.3) is 0 Å². The summed E-state index contributed by atoms with van der Waals surface area (Å²) in [5.41, 5.74) is 2.49. The molecule has 1 aliphatic carbocycles. The van der Waals surface area contributed by atoms with E-state index in [1.807, 2.05) is 0 Å². The van der Waals surface area contributed by atoms with Gasteiger partial charge in [-0.3, -0.25) is 0 Å². The molecule has 0 unspecified atom stereocenters. The molecule has 1 N–H and O–H groups in total. The van der Waals surface area contributed by atoms with Crippen molar-refractivity contribution in [2.45, 2.75) is 66.0 Å². The van der Waals surface area contributed by atoms with Crippen LogP contribution in [0.15, 0.2) is 12.1 Å². The summed E-state index contributed by atoms with van der Waals surface area (Å²) >= 11 is 0. The van der Waals surface area contributed by atoms with Gasteiger partial charge >= 0.3 is 0 Å². The van der Waals surface area contributed by atoms with Gasteiger partial charge in [0.2, 0.25) is 0 Å². The zero-order valence-corrected chi connectivity index (χ0v) is 14.2. The van der Waals surface area contributed by atoms with E-state index < -0.39 is 0 Å². The molecule has 1 aromatic rings. The van der Waals surface area contributed by atoms with Gasteiger partial charge in [-0.1, -0.05) is 26.7 Å². The lowest BCUT2D eigenvalue weighted by Crippen LogP contribution is -2.34. The Morgan fingerprint density at radius 2 is 2.00 bits per heavy atom. The highest BCUT2D eigenvalue weighted by molar-refractivity contribution is 5.44. The second kappa shape index (κ2) is 7.79. The Hall–Kier alpha value is -1.09. The molecule has 0 spiro atoms. The summed E-state index contributed by atoms with van der Waals surface area (Å²) in [6, 6.07) is 5.18. The molecule has 0 bridgehead atoms. The normalized spacial score (nSPS) is 15.9. The van der Waals surface area contributed by atoms with E-state index in [0.29, 0.717) is 12.0 Å². The van der Waals surface area contributed by atoms with Crippen LogP contribution in [0.2, 0.25) is 0 Å². The Labute approximate surface area is 130 Å². The largest absolute Gasteiger partial charge is 0.354 e. The molecule has 0 amide bonds. The van der Waals surface area contributed by atoms with E-state index >= 15 is 0 Å². The Morgan fingerprint density at radius 3 is 2.62 bits per heavy atom. The summed E-state index contributed by atoms with van der Waals surface area (Å²) in [6.45, 7) is 11.9. The predicted octanol–water partition coefficient (Wildman–Crippen LogP) is 3.90.